The van der Waals surface area contributed by atoms with Crippen LogP contribution in [0.2, 0.25) is 0 Å². The SMILES string of the molecule is CC(=O)O[C@@H]1CC(C[C@]23CC[C@H](O2)C(C)(C)C3=O)=C(C(=O)O)C2=CC[C@@](C)([C@H](C)C[C@H](O)/C=C(\C)C(=O)O)[C@]21C. The molecule has 2 bridgehead atoms. The molecule has 2 aliphatic carbocycles. The summed E-state index contributed by atoms with van der Waals surface area (Å²) in [6.45, 7) is 12.4. The third-order valence-corrected chi connectivity index (χ3v) is 10.6. The predicted octanol–water partition coefficient (Wildman–Crippen LogP) is 4.38. The second-order valence-corrected chi connectivity index (χ2v) is 13.3. The van der Waals surface area contributed by atoms with Crippen molar-refractivity contribution in [3.8, 4) is 0 Å². The second-order valence-electron chi connectivity index (χ2n) is 13.3. The number of fused-ring (bicyclic) bond motifs is 3. The number of ketones is 1. The number of allylic oxidation sites excluding steroid dienone is 1. The number of aliphatic carboxylic acids is 2. The first-order chi connectivity index (χ1) is 18.4. The Labute approximate surface area is 235 Å². The molecule has 2 heterocycles. The fourth-order valence-corrected chi connectivity index (χ4v) is 7.94. The molecule has 0 unspecified atom stereocenters. The molecule has 0 radical (unpaired) electrons. The molecule has 0 saturated carbocycles. The molecular weight excluding hydrogens is 516 g/mol. The van der Waals surface area contributed by atoms with Crippen LogP contribution >= 0.6 is 0 Å². The molecule has 0 aromatic carbocycles. The van der Waals surface area contributed by atoms with Gasteiger partial charge in [-0.25, -0.2) is 9.59 Å². The fourth-order valence-electron chi connectivity index (χ4n) is 7.94. The maximum atomic E-state index is 13.5. The number of carbonyl (C=O) groups excluding carboxylic acids is 2. The largest absolute Gasteiger partial charge is 0.478 e. The van der Waals surface area contributed by atoms with Gasteiger partial charge in [0, 0.05) is 30.8 Å². The third-order valence-electron chi connectivity index (χ3n) is 10.6. The Morgan fingerprint density at radius 3 is 2.35 bits per heavy atom. The normalized spacial score (nSPS) is 36.2. The molecule has 40 heavy (non-hydrogen) atoms. The molecule has 4 aliphatic rings. The van der Waals surface area contributed by atoms with E-state index in [-0.39, 0.29) is 48.2 Å². The van der Waals surface area contributed by atoms with E-state index in [0.717, 1.165) is 6.42 Å². The summed E-state index contributed by atoms with van der Waals surface area (Å²) in [4.78, 5) is 50.0. The van der Waals surface area contributed by atoms with Gasteiger partial charge in [0.15, 0.2) is 5.78 Å². The van der Waals surface area contributed by atoms with Gasteiger partial charge in [0.25, 0.3) is 0 Å². The Morgan fingerprint density at radius 1 is 1.18 bits per heavy atom. The van der Waals surface area contributed by atoms with Gasteiger partial charge < -0.3 is 24.8 Å². The van der Waals surface area contributed by atoms with E-state index in [9.17, 15) is 34.5 Å². The summed E-state index contributed by atoms with van der Waals surface area (Å²) in [5, 5.41) is 30.4. The third kappa shape index (κ3) is 4.45. The van der Waals surface area contributed by atoms with Crippen LogP contribution in [0.4, 0.5) is 0 Å². The molecule has 0 aromatic heterocycles. The predicted molar refractivity (Wildman–Crippen MR) is 145 cm³/mol. The molecule has 9 nitrogen and oxygen atoms in total. The van der Waals surface area contributed by atoms with Crippen LogP contribution in [0.1, 0.15) is 87.0 Å². The van der Waals surface area contributed by atoms with Crippen molar-refractivity contribution in [3.63, 3.8) is 0 Å². The van der Waals surface area contributed by atoms with Crippen molar-refractivity contribution in [3.05, 3.63) is 34.4 Å². The summed E-state index contributed by atoms with van der Waals surface area (Å²) >= 11 is 0. The highest BCUT2D eigenvalue weighted by Crippen LogP contribution is 2.65. The zero-order valence-electron chi connectivity index (χ0n) is 24.5. The number of rotatable bonds is 9. The van der Waals surface area contributed by atoms with E-state index in [4.69, 9.17) is 9.47 Å². The van der Waals surface area contributed by atoms with E-state index in [2.05, 4.69) is 0 Å². The van der Waals surface area contributed by atoms with Gasteiger partial charge in [0.05, 0.1) is 23.2 Å². The fraction of sp³-hybridized carbons (Fsp3) is 0.677. The van der Waals surface area contributed by atoms with Gasteiger partial charge in [-0.05, 0) is 61.2 Å². The van der Waals surface area contributed by atoms with Gasteiger partial charge >= 0.3 is 17.9 Å². The first-order valence-electron chi connectivity index (χ1n) is 14.1. The van der Waals surface area contributed by atoms with Gasteiger partial charge in [-0.3, -0.25) is 9.59 Å². The minimum atomic E-state index is -1.11. The number of hydrogen-bond acceptors (Lipinski definition) is 7. The molecule has 9 heteroatoms. The number of Topliss-reactive ketones (excluding diaryl/α,β-unsaturated/α-hetero) is 1. The lowest BCUT2D eigenvalue weighted by atomic mass is 9.52. The molecule has 2 fully saturated rings. The maximum absolute atomic E-state index is 13.5. The maximum Gasteiger partial charge on any atom is 0.335 e. The van der Waals surface area contributed by atoms with Gasteiger partial charge in [-0.2, -0.15) is 0 Å². The minimum Gasteiger partial charge on any atom is -0.478 e. The number of esters is 1. The highest BCUT2D eigenvalue weighted by molar-refractivity contribution is 5.97. The standard InChI is InChI=1S/C31H42O9/c1-16(25(34)35)12-20(33)13-17(2)29(6)10-8-21-24(26(36)37)19(14-23(30(21,29)7)39-18(3)32)15-31-11-9-22(40-31)28(4,5)27(31)38/h8,12,17,20,22-23,33H,9-11,13-15H2,1-7H3,(H,34,35)(H,36,37)/b16-12+/t17-,20-,22+,23-,29+,30-,31+/m1/s1. The summed E-state index contributed by atoms with van der Waals surface area (Å²) in [6, 6.07) is 0. The quantitative estimate of drug-likeness (QED) is 0.277. The van der Waals surface area contributed by atoms with Crippen LogP contribution in [0.25, 0.3) is 0 Å². The van der Waals surface area contributed by atoms with E-state index in [0.29, 0.717) is 24.0 Å². The average molecular weight is 559 g/mol. The Kier molecular flexibility index (Phi) is 7.50. The Morgan fingerprint density at radius 2 is 1.82 bits per heavy atom. The van der Waals surface area contributed by atoms with Crippen LogP contribution in [0.15, 0.2) is 34.4 Å². The van der Waals surface area contributed by atoms with Gasteiger partial charge in [-0.15, -0.1) is 0 Å². The average Bonchev–Trinajstić information content (AvgIpc) is 3.44. The Balaban J connectivity index is 1.75. The highest BCUT2D eigenvalue weighted by Gasteiger charge is 2.65. The van der Waals surface area contributed by atoms with Crippen molar-refractivity contribution in [2.24, 2.45) is 22.2 Å². The number of aliphatic hydroxyl groups is 1. The zero-order chi connectivity index (χ0) is 30.0. The number of carboxylic acids is 2. The van der Waals surface area contributed by atoms with E-state index in [1.165, 1.54) is 19.9 Å². The van der Waals surface area contributed by atoms with Crippen molar-refractivity contribution in [2.45, 2.75) is 111 Å². The Hall–Kier alpha value is -2.78. The molecule has 2 aliphatic heterocycles. The van der Waals surface area contributed by atoms with Crippen LogP contribution < -0.4 is 0 Å². The molecule has 0 spiro atoms. The number of carbonyl (C=O) groups is 4. The molecule has 2 saturated heterocycles. The van der Waals surface area contributed by atoms with Gasteiger partial charge in [0.1, 0.15) is 11.7 Å². The van der Waals surface area contributed by atoms with Crippen LogP contribution in [0.5, 0.6) is 0 Å². The summed E-state index contributed by atoms with van der Waals surface area (Å²) in [5.74, 6) is -2.91. The first-order valence-corrected chi connectivity index (χ1v) is 14.1. The van der Waals surface area contributed by atoms with Crippen molar-refractivity contribution < 1.29 is 44.0 Å². The number of ether oxygens (including phenoxy) is 2. The van der Waals surface area contributed by atoms with Crippen molar-refractivity contribution in [1.82, 2.24) is 0 Å². The minimum absolute atomic E-state index is 0.0107. The Bertz CT molecular complexity index is 1240. The number of carboxylic acid groups (broad SMARTS) is 2. The molecule has 0 aromatic rings. The van der Waals surface area contributed by atoms with Crippen LogP contribution in [0, 0.1) is 22.2 Å². The van der Waals surface area contributed by atoms with Gasteiger partial charge in [-0.1, -0.05) is 40.7 Å². The highest BCUT2D eigenvalue weighted by atomic mass is 16.5. The van der Waals surface area contributed by atoms with Crippen LogP contribution in [0.3, 0.4) is 0 Å². The lowest BCUT2D eigenvalue weighted by molar-refractivity contribution is -0.159. The topological polar surface area (TPSA) is 147 Å². The molecule has 4 rings (SSSR count). The van der Waals surface area contributed by atoms with E-state index < -0.39 is 52.0 Å². The summed E-state index contributed by atoms with van der Waals surface area (Å²) in [7, 11) is 0. The second kappa shape index (κ2) is 9.94. The van der Waals surface area contributed by atoms with Crippen molar-refractivity contribution in [1.29, 1.82) is 0 Å². The monoisotopic (exact) mass is 558 g/mol. The molecule has 7 atom stereocenters. The molecular formula is C31H42O9. The van der Waals surface area contributed by atoms with E-state index >= 15 is 0 Å². The van der Waals surface area contributed by atoms with Crippen molar-refractivity contribution >= 4 is 23.7 Å². The van der Waals surface area contributed by atoms with Gasteiger partial charge in [0.2, 0.25) is 0 Å². The smallest absolute Gasteiger partial charge is 0.335 e. The zero-order valence-corrected chi connectivity index (χ0v) is 24.5. The lowest BCUT2D eigenvalue weighted by Gasteiger charge is -2.53. The lowest BCUT2D eigenvalue weighted by Crippen LogP contribution is -2.53. The van der Waals surface area contributed by atoms with E-state index in [1.54, 1.807) is 0 Å². The molecule has 220 valence electrons. The summed E-state index contributed by atoms with van der Waals surface area (Å²) in [6.07, 6.45) is 3.57. The summed E-state index contributed by atoms with van der Waals surface area (Å²) in [5.41, 5.74) is -1.94. The van der Waals surface area contributed by atoms with E-state index in [1.807, 2.05) is 40.7 Å². The first kappa shape index (κ1) is 30.2. The van der Waals surface area contributed by atoms with Crippen LogP contribution in [-0.4, -0.2) is 62.9 Å². The van der Waals surface area contributed by atoms with Crippen molar-refractivity contribution in [2.75, 3.05) is 0 Å². The summed E-state index contributed by atoms with van der Waals surface area (Å²) < 4.78 is 12.2. The van der Waals surface area contributed by atoms with Crippen LogP contribution in [-0.2, 0) is 28.7 Å². The molecule has 3 N–H and O–H groups in total. The number of hydrogen-bond donors (Lipinski definition) is 3. The molecule has 0 amide bonds. The number of aliphatic hydroxyl groups excluding tert-OH is 1.